The van der Waals surface area contributed by atoms with Crippen LogP contribution in [0, 0.1) is 29.5 Å². The number of nitrogens with one attached hydrogen (secondary N) is 1. The highest BCUT2D eigenvalue weighted by Gasteiger charge is 2.48. The Balaban J connectivity index is 1.16. The lowest BCUT2D eigenvalue weighted by Gasteiger charge is -2.48. The van der Waals surface area contributed by atoms with Crippen LogP contribution in [-0.2, 0) is 31.4 Å². The van der Waals surface area contributed by atoms with Gasteiger partial charge in [-0.3, -0.25) is 9.59 Å². The van der Waals surface area contributed by atoms with E-state index in [4.69, 9.17) is 21.1 Å². The van der Waals surface area contributed by atoms with Crippen LogP contribution in [0.5, 0.6) is 5.75 Å². The molecule has 4 aliphatic heterocycles. The van der Waals surface area contributed by atoms with Gasteiger partial charge in [0.05, 0.1) is 28.7 Å². The molecule has 3 aliphatic carbocycles. The van der Waals surface area contributed by atoms with Crippen LogP contribution in [0.2, 0.25) is 5.02 Å². The molecule has 9 rings (SSSR count). The van der Waals surface area contributed by atoms with Gasteiger partial charge in [0.15, 0.2) is 0 Å². The van der Waals surface area contributed by atoms with E-state index >= 15 is 4.39 Å². The summed E-state index contributed by atoms with van der Waals surface area (Å²) in [5.74, 6) is -0.333. The normalized spacial score (nSPS) is 32.5. The fourth-order valence-corrected chi connectivity index (χ4v) is 11.1. The molecule has 0 unspecified atom stereocenters. The lowest BCUT2D eigenvalue weighted by Crippen LogP contribution is -2.52. The Morgan fingerprint density at radius 3 is 2.64 bits per heavy atom. The first-order chi connectivity index (χ1) is 25.3. The number of hydrogen-bond donors (Lipinski definition) is 1. The zero-order valence-corrected chi connectivity index (χ0v) is 32.4. The number of fused-ring (bicyclic) bond motifs is 6. The van der Waals surface area contributed by atoms with Crippen molar-refractivity contribution in [3.8, 4) is 5.75 Å². The highest BCUT2D eigenvalue weighted by molar-refractivity contribution is 7.90. The van der Waals surface area contributed by atoms with Gasteiger partial charge >= 0.3 is 0 Å². The molecule has 1 saturated heterocycles. The summed E-state index contributed by atoms with van der Waals surface area (Å²) in [4.78, 5) is 33.4. The Labute approximate surface area is 317 Å². The minimum atomic E-state index is -4.01. The predicted molar refractivity (Wildman–Crippen MR) is 201 cm³/mol. The monoisotopic (exact) mass is 768 g/mol. The molecule has 4 bridgehead atoms. The summed E-state index contributed by atoms with van der Waals surface area (Å²) < 4.78 is 58.3. The molecule has 286 valence electrons. The van der Waals surface area contributed by atoms with Gasteiger partial charge in [0.2, 0.25) is 15.9 Å². The molecule has 53 heavy (non-hydrogen) atoms. The number of allylic oxidation sites excluding steroid dienone is 1. The Hall–Kier alpha value is -3.19. The van der Waals surface area contributed by atoms with Crippen molar-refractivity contribution in [1.82, 2.24) is 14.5 Å². The number of rotatable bonds is 3. The Morgan fingerprint density at radius 1 is 1.13 bits per heavy atom. The summed E-state index contributed by atoms with van der Waals surface area (Å²) in [7, 11) is -1.95. The van der Waals surface area contributed by atoms with Crippen LogP contribution in [0.3, 0.4) is 0 Å². The molecule has 7 aliphatic rings. The summed E-state index contributed by atoms with van der Waals surface area (Å²) in [5, 5.41) is -0.711. The first kappa shape index (κ1) is 36.8. The lowest BCUT2D eigenvalue weighted by molar-refractivity contribution is -0.141. The smallest absolute Gasteiger partial charge is 0.264 e. The number of likely N-dealkylation sites (N-methyl/N-ethyl adjacent to an activating group) is 1. The zero-order chi connectivity index (χ0) is 37.2. The predicted octanol–water partition coefficient (Wildman–Crippen LogP) is 5.18. The van der Waals surface area contributed by atoms with E-state index in [1.165, 1.54) is 0 Å². The molecule has 1 N–H and O–H groups in total. The van der Waals surface area contributed by atoms with Crippen molar-refractivity contribution in [3.05, 3.63) is 69.5 Å². The van der Waals surface area contributed by atoms with E-state index < -0.39 is 26.6 Å². The van der Waals surface area contributed by atoms with Crippen LogP contribution in [0.1, 0.15) is 67.4 Å². The molecule has 7 atom stereocenters. The van der Waals surface area contributed by atoms with Crippen molar-refractivity contribution in [3.63, 3.8) is 0 Å². The minimum Gasteiger partial charge on any atom is -0.490 e. The number of carbonyl (C=O) groups is 2. The molecule has 1 saturated carbocycles. The van der Waals surface area contributed by atoms with Crippen molar-refractivity contribution < 1.29 is 31.9 Å². The summed E-state index contributed by atoms with van der Waals surface area (Å²) in [6.07, 6.45) is 6.65. The Morgan fingerprint density at radius 2 is 1.91 bits per heavy atom. The lowest BCUT2D eigenvalue weighted by atomic mass is 9.64. The highest BCUT2D eigenvalue weighted by atomic mass is 35.5. The number of sulfonamides is 1. The van der Waals surface area contributed by atoms with Gasteiger partial charge in [-0.15, -0.1) is 0 Å². The topological polar surface area (TPSA) is 108 Å². The number of hydrogen-bond acceptors (Lipinski definition) is 8. The molecule has 2 amide bonds. The fourth-order valence-electron chi connectivity index (χ4n) is 9.58. The van der Waals surface area contributed by atoms with Crippen molar-refractivity contribution >= 4 is 39.1 Å². The third-order valence-electron chi connectivity index (χ3n) is 13.4. The number of ether oxygens (including phenoxy) is 2. The van der Waals surface area contributed by atoms with Gasteiger partial charge in [0.1, 0.15) is 18.2 Å². The molecule has 13 heteroatoms. The molecule has 2 aromatic carbocycles. The van der Waals surface area contributed by atoms with Crippen molar-refractivity contribution in [2.45, 2.75) is 69.1 Å². The maximum atomic E-state index is 15.5. The molecular formula is C40H50ClFN4O6S. The third-order valence-corrected chi connectivity index (χ3v) is 15.5. The first-order valence-corrected chi connectivity index (χ1v) is 21.1. The second kappa shape index (κ2) is 14.1. The minimum absolute atomic E-state index is 0.00206. The van der Waals surface area contributed by atoms with Gasteiger partial charge in [-0.1, -0.05) is 30.7 Å². The average Bonchev–Trinajstić information content (AvgIpc) is 3.25. The Kier molecular flexibility index (Phi) is 9.81. The van der Waals surface area contributed by atoms with Crippen LogP contribution in [0.25, 0.3) is 0 Å². The van der Waals surface area contributed by atoms with E-state index in [1.54, 1.807) is 31.2 Å². The molecule has 2 fully saturated rings. The van der Waals surface area contributed by atoms with Crippen molar-refractivity contribution in [2.24, 2.45) is 23.7 Å². The van der Waals surface area contributed by atoms with E-state index in [1.807, 2.05) is 17.9 Å². The Bertz CT molecular complexity index is 1940. The second-order valence-electron chi connectivity index (χ2n) is 16.4. The quantitative estimate of drug-likeness (QED) is 0.426. The van der Waals surface area contributed by atoms with Gasteiger partial charge in [-0.05, 0) is 117 Å². The largest absolute Gasteiger partial charge is 0.490 e. The maximum Gasteiger partial charge on any atom is 0.264 e. The highest BCUT2D eigenvalue weighted by Crippen LogP contribution is 2.50. The molecule has 0 aromatic heterocycles. The third kappa shape index (κ3) is 6.76. The number of benzene rings is 2. The van der Waals surface area contributed by atoms with Gasteiger partial charge in [-0.2, -0.15) is 0 Å². The van der Waals surface area contributed by atoms with Crippen LogP contribution in [0.4, 0.5) is 10.1 Å². The summed E-state index contributed by atoms with van der Waals surface area (Å²) in [5.41, 5.74) is 3.05. The maximum absolute atomic E-state index is 15.5. The number of anilines is 1. The van der Waals surface area contributed by atoms with Crippen molar-refractivity contribution in [2.75, 3.05) is 64.4 Å². The standard InChI is InChI=1S/C40H50ClFN4O6S/c1-24-25(2)53(49,50)43-39(48)26-7-11-35-34(19-26)46(22-40(23-52-35)12-4-5-31-32(40)9-10-33(41)37(31)42)20-27-6-8-30(27)38(29-17-28(24)18-29)51-21-36(47)45-15-13-44(3)14-16-45/h7,9-11,17,19,24-25,27-28,30,38H,4-6,8,12-16,18,20-23H2,1-3H3,(H,43,48)/t24-,25-,27+,28+,30-,38+,40+/m1/s1. The van der Waals surface area contributed by atoms with E-state index in [9.17, 15) is 18.0 Å². The van der Waals surface area contributed by atoms with Gasteiger partial charge in [0, 0.05) is 50.2 Å². The molecule has 0 radical (unpaired) electrons. The first-order valence-electron chi connectivity index (χ1n) is 19.2. The number of piperazine rings is 1. The summed E-state index contributed by atoms with van der Waals surface area (Å²) in [6.45, 7) is 8.09. The molecule has 10 nitrogen and oxygen atoms in total. The number of amides is 2. The molecule has 1 spiro atoms. The SMILES string of the molecule is C[C@@H]1[C@@H](C)S(=O)(=O)NC(=O)c2ccc3c(c2)N(C[C@@H]2CC[C@H]2[C@@H](OCC(=O)N2CCN(C)CC2)C2=C[C@H]1C2)C[C@@]1(CCCc2c1ccc(Cl)c2F)CO3. The zero-order valence-electron chi connectivity index (χ0n) is 30.8. The molecule has 2 aromatic rings. The van der Waals surface area contributed by atoms with E-state index in [0.717, 1.165) is 49.9 Å². The molecular weight excluding hydrogens is 719 g/mol. The van der Waals surface area contributed by atoms with Crippen LogP contribution < -0.4 is 14.4 Å². The van der Waals surface area contributed by atoms with Crippen LogP contribution in [-0.4, -0.2) is 101 Å². The van der Waals surface area contributed by atoms with Crippen LogP contribution in [0.15, 0.2) is 42.0 Å². The average molecular weight is 769 g/mol. The number of halogens is 2. The van der Waals surface area contributed by atoms with E-state index in [-0.39, 0.29) is 58.7 Å². The van der Waals surface area contributed by atoms with Crippen LogP contribution >= 0.6 is 11.6 Å². The number of carbonyl (C=O) groups excluding carboxylic acids is 2. The summed E-state index contributed by atoms with van der Waals surface area (Å²) in [6, 6.07) is 8.67. The molecule has 4 heterocycles. The van der Waals surface area contributed by atoms with Gasteiger partial charge < -0.3 is 24.2 Å². The van der Waals surface area contributed by atoms with Gasteiger partial charge in [0.25, 0.3) is 5.91 Å². The number of nitrogens with zero attached hydrogens (tertiary/aromatic N) is 3. The summed E-state index contributed by atoms with van der Waals surface area (Å²) >= 11 is 6.27. The van der Waals surface area contributed by atoms with E-state index in [2.05, 4.69) is 27.6 Å². The fraction of sp³-hybridized carbons (Fsp3) is 0.600. The van der Waals surface area contributed by atoms with Gasteiger partial charge in [-0.25, -0.2) is 17.5 Å². The van der Waals surface area contributed by atoms with E-state index in [0.29, 0.717) is 62.6 Å². The second-order valence-corrected chi connectivity index (χ2v) is 18.9. The van der Waals surface area contributed by atoms with Crippen molar-refractivity contribution in [1.29, 1.82) is 0 Å².